The van der Waals surface area contributed by atoms with Gasteiger partial charge in [-0.15, -0.1) is 0 Å². The molecule has 0 bridgehead atoms. The van der Waals surface area contributed by atoms with E-state index in [-0.39, 0.29) is 5.96 Å². The molecule has 0 saturated carbocycles. The third-order valence-corrected chi connectivity index (χ3v) is 4.45. The van der Waals surface area contributed by atoms with Crippen molar-refractivity contribution in [3.8, 4) is 0 Å². The second-order valence-electron chi connectivity index (χ2n) is 5.41. The molecular weight excluding hydrogens is 330 g/mol. The molecular formula is C15H20BrN5. The SMILES string of the molecule is NC(N)=NCCC[C@H]1NCCc2c1[nH]c1cc(Br)ccc21. The Kier molecular flexibility index (Phi) is 4.17. The lowest BCUT2D eigenvalue weighted by Gasteiger charge is -2.24. The number of guanidine groups is 1. The van der Waals surface area contributed by atoms with Gasteiger partial charge < -0.3 is 21.8 Å². The monoisotopic (exact) mass is 349 g/mol. The van der Waals surface area contributed by atoms with Crippen LogP contribution in [0.2, 0.25) is 0 Å². The van der Waals surface area contributed by atoms with Gasteiger partial charge in [0.05, 0.1) is 0 Å². The maximum Gasteiger partial charge on any atom is 0.185 e. The van der Waals surface area contributed by atoms with Gasteiger partial charge in [-0.05, 0) is 43.5 Å². The molecule has 2 heterocycles. The first-order valence-electron chi connectivity index (χ1n) is 7.24. The maximum atomic E-state index is 5.35. The Morgan fingerprint density at radius 1 is 1.38 bits per heavy atom. The molecule has 1 aromatic heterocycles. The highest BCUT2D eigenvalue weighted by Crippen LogP contribution is 2.33. The molecule has 1 aliphatic heterocycles. The number of nitrogens with zero attached hydrogens (tertiary/aromatic N) is 1. The van der Waals surface area contributed by atoms with Crippen LogP contribution in [-0.4, -0.2) is 24.0 Å². The summed E-state index contributed by atoms with van der Waals surface area (Å²) in [5, 5.41) is 4.92. The Morgan fingerprint density at radius 3 is 3.05 bits per heavy atom. The normalized spacial score (nSPS) is 17.7. The number of H-pyrrole nitrogens is 1. The maximum absolute atomic E-state index is 5.35. The Hall–Kier alpha value is -1.53. The molecule has 6 N–H and O–H groups in total. The Morgan fingerprint density at radius 2 is 2.24 bits per heavy atom. The van der Waals surface area contributed by atoms with E-state index in [0.29, 0.717) is 12.6 Å². The van der Waals surface area contributed by atoms with E-state index in [1.54, 1.807) is 0 Å². The summed E-state index contributed by atoms with van der Waals surface area (Å²) >= 11 is 3.53. The van der Waals surface area contributed by atoms with Crippen LogP contribution in [0.25, 0.3) is 10.9 Å². The van der Waals surface area contributed by atoms with Crippen molar-refractivity contribution in [1.82, 2.24) is 10.3 Å². The minimum absolute atomic E-state index is 0.169. The molecule has 0 radical (unpaired) electrons. The van der Waals surface area contributed by atoms with Crippen molar-refractivity contribution < 1.29 is 0 Å². The van der Waals surface area contributed by atoms with Gasteiger partial charge in [0.1, 0.15) is 0 Å². The highest BCUT2D eigenvalue weighted by atomic mass is 79.9. The molecule has 21 heavy (non-hydrogen) atoms. The van der Waals surface area contributed by atoms with Crippen molar-refractivity contribution in [2.75, 3.05) is 13.1 Å². The zero-order valence-corrected chi connectivity index (χ0v) is 13.4. The molecule has 1 aliphatic rings. The Balaban J connectivity index is 1.81. The van der Waals surface area contributed by atoms with Crippen molar-refractivity contribution in [2.45, 2.75) is 25.3 Å². The summed E-state index contributed by atoms with van der Waals surface area (Å²) in [6, 6.07) is 6.79. The lowest BCUT2D eigenvalue weighted by atomic mass is 9.96. The molecule has 0 unspecified atom stereocenters. The van der Waals surface area contributed by atoms with Crippen molar-refractivity contribution in [1.29, 1.82) is 0 Å². The van der Waals surface area contributed by atoms with Gasteiger partial charge in [0, 0.05) is 33.7 Å². The summed E-state index contributed by atoms with van der Waals surface area (Å²) in [7, 11) is 0. The van der Waals surface area contributed by atoms with E-state index in [1.807, 2.05) is 0 Å². The number of nitrogens with two attached hydrogens (primary N) is 2. The Bertz CT molecular complexity index is 672. The van der Waals surface area contributed by atoms with E-state index < -0.39 is 0 Å². The van der Waals surface area contributed by atoms with Crippen molar-refractivity contribution in [2.24, 2.45) is 16.5 Å². The van der Waals surface area contributed by atoms with Crippen LogP contribution in [-0.2, 0) is 6.42 Å². The van der Waals surface area contributed by atoms with E-state index in [1.165, 1.54) is 22.2 Å². The number of aromatic amines is 1. The minimum atomic E-state index is 0.169. The van der Waals surface area contributed by atoms with Crippen LogP contribution in [0.5, 0.6) is 0 Å². The quantitative estimate of drug-likeness (QED) is 0.387. The average molecular weight is 350 g/mol. The molecule has 3 rings (SSSR count). The fourth-order valence-corrected chi connectivity index (χ4v) is 3.40. The number of aliphatic imine (C=N–C) groups is 1. The largest absolute Gasteiger partial charge is 0.370 e. The van der Waals surface area contributed by atoms with E-state index >= 15 is 0 Å². The number of aromatic nitrogens is 1. The van der Waals surface area contributed by atoms with Crippen LogP contribution in [0.4, 0.5) is 0 Å². The van der Waals surface area contributed by atoms with Crippen molar-refractivity contribution >= 4 is 32.8 Å². The topological polar surface area (TPSA) is 92.2 Å². The fourth-order valence-electron chi connectivity index (χ4n) is 3.04. The van der Waals surface area contributed by atoms with Crippen LogP contribution in [0, 0.1) is 0 Å². The van der Waals surface area contributed by atoms with Gasteiger partial charge in [0.25, 0.3) is 0 Å². The number of fused-ring (bicyclic) bond motifs is 3. The van der Waals surface area contributed by atoms with Crippen molar-refractivity contribution in [3.63, 3.8) is 0 Å². The summed E-state index contributed by atoms with van der Waals surface area (Å²) in [5.74, 6) is 0.169. The molecule has 112 valence electrons. The molecule has 6 heteroatoms. The zero-order chi connectivity index (χ0) is 14.8. The van der Waals surface area contributed by atoms with Crippen LogP contribution >= 0.6 is 15.9 Å². The van der Waals surface area contributed by atoms with Crippen LogP contribution in [0.15, 0.2) is 27.7 Å². The summed E-state index contributed by atoms with van der Waals surface area (Å²) in [6.45, 7) is 1.70. The number of halogens is 1. The van der Waals surface area contributed by atoms with E-state index in [4.69, 9.17) is 11.5 Å². The number of hydrogen-bond donors (Lipinski definition) is 4. The second kappa shape index (κ2) is 6.07. The van der Waals surface area contributed by atoms with Gasteiger partial charge in [-0.3, -0.25) is 4.99 Å². The van der Waals surface area contributed by atoms with Gasteiger partial charge in [0.2, 0.25) is 0 Å². The summed E-state index contributed by atoms with van der Waals surface area (Å²) < 4.78 is 1.10. The third-order valence-electron chi connectivity index (χ3n) is 3.96. The zero-order valence-electron chi connectivity index (χ0n) is 11.8. The predicted octanol–water partition coefficient (Wildman–Crippen LogP) is 2.17. The van der Waals surface area contributed by atoms with Crippen molar-refractivity contribution in [3.05, 3.63) is 33.9 Å². The van der Waals surface area contributed by atoms with E-state index in [9.17, 15) is 0 Å². The van der Waals surface area contributed by atoms with Crippen LogP contribution in [0.3, 0.4) is 0 Å². The first-order valence-corrected chi connectivity index (χ1v) is 8.03. The standard InChI is InChI=1S/C15H20BrN5/c16-9-3-4-10-11-5-7-19-12(2-1-6-20-15(17)18)14(11)21-13(10)8-9/h3-4,8,12,19,21H,1-2,5-7H2,(H4,17,18,20)/t12-/m1/s1. The lowest BCUT2D eigenvalue weighted by molar-refractivity contribution is 0.459. The summed E-state index contributed by atoms with van der Waals surface area (Å²) in [6.07, 6.45) is 3.06. The number of nitrogens with one attached hydrogen (secondary N) is 2. The van der Waals surface area contributed by atoms with Gasteiger partial charge in [-0.2, -0.15) is 0 Å². The van der Waals surface area contributed by atoms with E-state index in [2.05, 4.69) is 49.4 Å². The molecule has 0 fully saturated rings. The number of rotatable bonds is 4. The van der Waals surface area contributed by atoms with Crippen LogP contribution < -0.4 is 16.8 Å². The molecule has 1 atom stereocenters. The molecule has 5 nitrogen and oxygen atoms in total. The molecule has 0 spiro atoms. The van der Waals surface area contributed by atoms with Crippen LogP contribution in [0.1, 0.15) is 30.1 Å². The van der Waals surface area contributed by atoms with Gasteiger partial charge in [0.15, 0.2) is 5.96 Å². The number of hydrogen-bond acceptors (Lipinski definition) is 2. The van der Waals surface area contributed by atoms with E-state index in [0.717, 1.165) is 30.3 Å². The predicted molar refractivity (Wildman–Crippen MR) is 90.4 cm³/mol. The highest BCUT2D eigenvalue weighted by Gasteiger charge is 2.23. The van der Waals surface area contributed by atoms with Gasteiger partial charge in [-0.1, -0.05) is 22.0 Å². The number of benzene rings is 1. The van der Waals surface area contributed by atoms with Gasteiger partial charge in [-0.25, -0.2) is 0 Å². The first kappa shape index (κ1) is 14.4. The minimum Gasteiger partial charge on any atom is -0.370 e. The highest BCUT2D eigenvalue weighted by molar-refractivity contribution is 9.10. The molecule has 0 aliphatic carbocycles. The smallest absolute Gasteiger partial charge is 0.185 e. The van der Waals surface area contributed by atoms with Gasteiger partial charge >= 0.3 is 0 Å². The molecule has 2 aromatic rings. The summed E-state index contributed by atoms with van der Waals surface area (Å²) in [4.78, 5) is 7.63. The molecule has 0 saturated heterocycles. The summed E-state index contributed by atoms with van der Waals surface area (Å²) in [5.41, 5.74) is 14.7. The molecule has 1 aromatic carbocycles. The fraction of sp³-hybridized carbons (Fsp3) is 0.400. The molecule has 0 amide bonds. The second-order valence-corrected chi connectivity index (χ2v) is 6.33. The first-order chi connectivity index (χ1) is 10.1. The lowest BCUT2D eigenvalue weighted by Crippen LogP contribution is -2.30. The Labute approximate surface area is 132 Å². The third kappa shape index (κ3) is 3.06. The average Bonchev–Trinajstić information content (AvgIpc) is 2.81.